The van der Waals surface area contributed by atoms with Crippen LogP contribution in [-0.2, 0) is 0 Å². The Hall–Kier alpha value is -1.10. The van der Waals surface area contributed by atoms with Crippen LogP contribution < -0.4 is 4.84 Å². The number of halogens is 1. The third-order valence-electron chi connectivity index (χ3n) is 0.994. The zero-order chi connectivity index (χ0) is 8.27. The van der Waals surface area contributed by atoms with Crippen molar-refractivity contribution in [1.82, 2.24) is 0 Å². The van der Waals surface area contributed by atoms with Crippen LogP contribution in [0.15, 0.2) is 28.7 Å². The minimum atomic E-state index is -0.844. The Kier molecular flexibility index (Phi) is 2.43. The van der Waals surface area contributed by atoms with Gasteiger partial charge in [0.1, 0.15) is 5.75 Å². The Morgan fingerprint density at radius 1 is 1.36 bits per heavy atom. The summed E-state index contributed by atoms with van der Waals surface area (Å²) in [6, 6.07) is 6.34. The number of hydrogen-bond acceptors (Lipinski definition) is 3. The Morgan fingerprint density at radius 3 is 2.36 bits per heavy atom. The summed E-state index contributed by atoms with van der Waals surface area (Å²) in [6.07, 6.45) is 0. The van der Waals surface area contributed by atoms with E-state index in [0.717, 1.165) is 4.47 Å². The van der Waals surface area contributed by atoms with Crippen molar-refractivity contribution >= 4 is 15.9 Å². The smallest absolute Gasteiger partial charge is 0.276 e. The van der Waals surface area contributed by atoms with Crippen molar-refractivity contribution in [1.29, 1.82) is 0 Å². The highest BCUT2D eigenvalue weighted by Crippen LogP contribution is 2.15. The summed E-state index contributed by atoms with van der Waals surface area (Å²) in [5.74, 6) is 0.221. The van der Waals surface area contributed by atoms with Crippen LogP contribution in [0.2, 0.25) is 0 Å². The lowest BCUT2D eigenvalue weighted by atomic mass is 10.3. The molecule has 0 spiro atoms. The summed E-state index contributed by atoms with van der Waals surface area (Å²) in [6.45, 7) is 0. The van der Waals surface area contributed by atoms with Crippen molar-refractivity contribution in [2.24, 2.45) is 0 Å². The van der Waals surface area contributed by atoms with Crippen molar-refractivity contribution in [3.8, 4) is 5.75 Å². The van der Waals surface area contributed by atoms with Gasteiger partial charge < -0.3 is 0 Å². The largest absolute Gasteiger partial charge is 0.299 e. The number of nitrogens with zero attached hydrogens (tertiary/aromatic N) is 1. The van der Waals surface area contributed by atoms with Crippen LogP contribution in [-0.4, -0.2) is 5.09 Å². The minimum Gasteiger partial charge on any atom is -0.276 e. The fourth-order valence-corrected chi connectivity index (χ4v) is 0.846. The molecule has 58 valence electrons. The molecule has 0 amide bonds. The molecule has 11 heavy (non-hydrogen) atoms. The molecule has 0 atom stereocenters. The molecule has 0 saturated heterocycles. The highest BCUT2D eigenvalue weighted by Gasteiger charge is 1.96. The number of hydrogen-bond donors (Lipinski definition) is 0. The van der Waals surface area contributed by atoms with Crippen molar-refractivity contribution in [2.45, 2.75) is 0 Å². The van der Waals surface area contributed by atoms with Crippen molar-refractivity contribution in [3.63, 3.8) is 0 Å². The van der Waals surface area contributed by atoms with Gasteiger partial charge in [-0.1, -0.05) is 15.9 Å². The Bertz CT molecular complexity index is 259. The third kappa shape index (κ3) is 2.55. The van der Waals surface area contributed by atoms with E-state index in [-0.39, 0.29) is 5.75 Å². The first-order chi connectivity index (χ1) is 5.18. The SMILES string of the molecule is O=[N+]([O-])Oc1ccc(Br)cc1. The maximum atomic E-state index is 9.83. The predicted molar refractivity (Wildman–Crippen MR) is 41.8 cm³/mol. The van der Waals surface area contributed by atoms with Gasteiger partial charge in [0.2, 0.25) is 0 Å². The zero-order valence-electron chi connectivity index (χ0n) is 5.36. The van der Waals surface area contributed by atoms with E-state index in [1.54, 1.807) is 12.1 Å². The fourth-order valence-electron chi connectivity index (χ4n) is 0.582. The highest BCUT2D eigenvalue weighted by atomic mass is 79.9. The molecule has 4 nitrogen and oxygen atoms in total. The monoisotopic (exact) mass is 217 g/mol. The second-order valence-electron chi connectivity index (χ2n) is 1.77. The highest BCUT2D eigenvalue weighted by molar-refractivity contribution is 9.10. The molecule has 1 aromatic rings. The summed E-state index contributed by atoms with van der Waals surface area (Å²) in [4.78, 5) is 14.0. The summed E-state index contributed by atoms with van der Waals surface area (Å²) in [5, 5.41) is 8.98. The second-order valence-corrected chi connectivity index (χ2v) is 2.68. The fraction of sp³-hybridized carbons (Fsp3) is 0. The molecule has 5 heteroatoms. The summed E-state index contributed by atoms with van der Waals surface area (Å²) in [5.41, 5.74) is 0. The normalized spacial score (nSPS) is 9.18. The Balaban J connectivity index is 2.74. The van der Waals surface area contributed by atoms with Crippen LogP contribution in [0.1, 0.15) is 0 Å². The van der Waals surface area contributed by atoms with Crippen molar-refractivity contribution in [2.75, 3.05) is 0 Å². The van der Waals surface area contributed by atoms with Gasteiger partial charge >= 0.3 is 0 Å². The van der Waals surface area contributed by atoms with Gasteiger partial charge in [-0.25, -0.2) is 0 Å². The lowest BCUT2D eigenvalue weighted by molar-refractivity contribution is -0.711. The van der Waals surface area contributed by atoms with Gasteiger partial charge in [0.05, 0.1) is 0 Å². The molecule has 0 fully saturated rings. The molecular formula is C6H4BrNO3. The van der Waals surface area contributed by atoms with E-state index < -0.39 is 5.09 Å². The molecule has 0 aliphatic rings. The molecule has 0 bridgehead atoms. The van der Waals surface area contributed by atoms with Gasteiger partial charge in [0.25, 0.3) is 5.09 Å². The first-order valence-electron chi connectivity index (χ1n) is 2.76. The van der Waals surface area contributed by atoms with E-state index in [0.29, 0.717) is 0 Å². The lowest BCUT2D eigenvalue weighted by Gasteiger charge is -1.95. The standard InChI is InChI=1S/C6H4BrNO3/c7-5-1-3-6(4-2-5)11-8(9)10/h1-4H. The quantitative estimate of drug-likeness (QED) is 0.563. The van der Waals surface area contributed by atoms with Gasteiger partial charge in [-0.05, 0) is 24.3 Å². The van der Waals surface area contributed by atoms with Crippen LogP contribution in [0.4, 0.5) is 0 Å². The van der Waals surface area contributed by atoms with Crippen LogP contribution in [0, 0.1) is 10.1 Å². The second kappa shape index (κ2) is 3.34. The number of benzene rings is 1. The van der Waals surface area contributed by atoms with Crippen LogP contribution >= 0.6 is 15.9 Å². The molecule has 0 aromatic heterocycles. The molecule has 0 heterocycles. The molecule has 0 aliphatic carbocycles. The van der Waals surface area contributed by atoms with Crippen molar-refractivity contribution < 1.29 is 9.92 Å². The summed E-state index contributed by atoms with van der Waals surface area (Å²) < 4.78 is 0.855. The van der Waals surface area contributed by atoms with E-state index in [4.69, 9.17) is 0 Å². The average molecular weight is 218 g/mol. The zero-order valence-corrected chi connectivity index (χ0v) is 6.95. The van der Waals surface area contributed by atoms with Crippen LogP contribution in [0.25, 0.3) is 0 Å². The van der Waals surface area contributed by atoms with Gasteiger partial charge in [-0.15, -0.1) is 10.1 Å². The summed E-state index contributed by atoms with van der Waals surface area (Å²) >= 11 is 3.19. The maximum Gasteiger partial charge on any atom is 0.299 e. The number of rotatable bonds is 2. The molecule has 0 aliphatic heterocycles. The van der Waals surface area contributed by atoms with Crippen LogP contribution in [0.5, 0.6) is 5.75 Å². The molecule has 1 rings (SSSR count). The molecule has 0 saturated carbocycles. The van der Waals surface area contributed by atoms with Crippen LogP contribution in [0.3, 0.4) is 0 Å². The van der Waals surface area contributed by atoms with Gasteiger partial charge in [0, 0.05) is 4.47 Å². The Morgan fingerprint density at radius 2 is 1.91 bits per heavy atom. The van der Waals surface area contributed by atoms with Gasteiger partial charge in [0.15, 0.2) is 0 Å². The predicted octanol–water partition coefficient (Wildman–Crippen LogP) is 2.02. The first kappa shape index (κ1) is 8.00. The first-order valence-corrected chi connectivity index (χ1v) is 3.56. The van der Waals surface area contributed by atoms with Gasteiger partial charge in [-0.3, -0.25) is 4.84 Å². The molecular weight excluding hydrogens is 214 g/mol. The Labute approximate surface area is 71.0 Å². The third-order valence-corrected chi connectivity index (χ3v) is 1.52. The minimum absolute atomic E-state index is 0.221. The van der Waals surface area contributed by atoms with E-state index in [2.05, 4.69) is 20.8 Å². The van der Waals surface area contributed by atoms with E-state index in [1.165, 1.54) is 12.1 Å². The molecule has 0 radical (unpaired) electrons. The lowest BCUT2D eigenvalue weighted by Crippen LogP contribution is -2.02. The molecule has 0 N–H and O–H groups in total. The summed E-state index contributed by atoms with van der Waals surface area (Å²) in [7, 11) is 0. The van der Waals surface area contributed by atoms with E-state index in [1.807, 2.05) is 0 Å². The molecule has 0 unspecified atom stereocenters. The molecule has 1 aromatic carbocycles. The van der Waals surface area contributed by atoms with E-state index in [9.17, 15) is 10.1 Å². The topological polar surface area (TPSA) is 52.4 Å². The van der Waals surface area contributed by atoms with Gasteiger partial charge in [-0.2, -0.15) is 0 Å². The average Bonchev–Trinajstić information content (AvgIpc) is 1.93. The van der Waals surface area contributed by atoms with Crippen molar-refractivity contribution in [3.05, 3.63) is 38.9 Å². The maximum absolute atomic E-state index is 9.83. The van der Waals surface area contributed by atoms with E-state index >= 15 is 0 Å².